The Labute approximate surface area is 132 Å². The van der Waals surface area contributed by atoms with E-state index in [2.05, 4.69) is 51.5 Å². The standard InChI is InChI=1S/C16H18BrN3O/c1-10-2-4-19-14(6-10)15(20-18)9-12-8-13(17)7-11-3-5-21-16(11)12/h2,4,6-8,15,20H,3,5,9,18H2,1H3. The van der Waals surface area contributed by atoms with Gasteiger partial charge >= 0.3 is 0 Å². The number of rotatable bonds is 4. The van der Waals surface area contributed by atoms with E-state index in [4.69, 9.17) is 10.6 Å². The quantitative estimate of drug-likeness (QED) is 0.659. The molecule has 0 saturated heterocycles. The van der Waals surface area contributed by atoms with Gasteiger partial charge in [0.15, 0.2) is 0 Å². The van der Waals surface area contributed by atoms with E-state index in [0.717, 1.165) is 40.9 Å². The minimum absolute atomic E-state index is 0.0347. The van der Waals surface area contributed by atoms with Gasteiger partial charge in [-0.05, 0) is 54.3 Å². The summed E-state index contributed by atoms with van der Waals surface area (Å²) in [6, 6.07) is 8.24. The maximum Gasteiger partial charge on any atom is 0.125 e. The molecule has 0 fully saturated rings. The third kappa shape index (κ3) is 3.10. The van der Waals surface area contributed by atoms with Crippen LogP contribution in [0.4, 0.5) is 0 Å². The predicted octanol–water partition coefficient (Wildman–Crippen LogP) is 2.83. The monoisotopic (exact) mass is 347 g/mol. The normalized spacial score (nSPS) is 14.6. The predicted molar refractivity (Wildman–Crippen MR) is 86.1 cm³/mol. The zero-order valence-electron chi connectivity index (χ0n) is 11.9. The van der Waals surface area contributed by atoms with Gasteiger partial charge in [-0.1, -0.05) is 15.9 Å². The second-order valence-electron chi connectivity index (χ2n) is 5.33. The molecule has 1 aromatic heterocycles. The van der Waals surface area contributed by atoms with E-state index in [-0.39, 0.29) is 6.04 Å². The number of hydrogen-bond acceptors (Lipinski definition) is 4. The summed E-state index contributed by atoms with van der Waals surface area (Å²) in [4.78, 5) is 4.43. The summed E-state index contributed by atoms with van der Waals surface area (Å²) in [6.07, 6.45) is 3.52. The molecule has 1 atom stereocenters. The van der Waals surface area contributed by atoms with Crippen LogP contribution < -0.4 is 16.0 Å². The van der Waals surface area contributed by atoms with Gasteiger partial charge in [-0.25, -0.2) is 0 Å². The van der Waals surface area contributed by atoms with Crippen LogP contribution in [0.3, 0.4) is 0 Å². The Morgan fingerprint density at radius 3 is 3.05 bits per heavy atom. The lowest BCUT2D eigenvalue weighted by atomic mass is 9.99. The van der Waals surface area contributed by atoms with Crippen LogP contribution in [-0.2, 0) is 12.8 Å². The Hall–Kier alpha value is -1.43. The molecular weight excluding hydrogens is 330 g/mol. The summed E-state index contributed by atoms with van der Waals surface area (Å²) < 4.78 is 6.86. The van der Waals surface area contributed by atoms with Crippen LogP contribution in [0.1, 0.15) is 28.4 Å². The Kier molecular flexibility index (Phi) is 4.24. The molecule has 0 aliphatic carbocycles. The van der Waals surface area contributed by atoms with E-state index >= 15 is 0 Å². The number of pyridine rings is 1. The summed E-state index contributed by atoms with van der Waals surface area (Å²) in [5.41, 5.74) is 7.41. The number of ether oxygens (including phenoxy) is 1. The number of nitrogens with two attached hydrogens (primary N) is 1. The van der Waals surface area contributed by atoms with E-state index in [0.29, 0.717) is 0 Å². The Morgan fingerprint density at radius 1 is 1.43 bits per heavy atom. The zero-order valence-corrected chi connectivity index (χ0v) is 13.5. The van der Waals surface area contributed by atoms with Gasteiger partial charge in [0.05, 0.1) is 18.3 Å². The maximum absolute atomic E-state index is 5.78. The van der Waals surface area contributed by atoms with Crippen molar-refractivity contribution in [3.05, 3.63) is 57.3 Å². The lowest BCUT2D eigenvalue weighted by molar-refractivity contribution is 0.351. The molecule has 1 aliphatic rings. The van der Waals surface area contributed by atoms with Crippen LogP contribution in [0.5, 0.6) is 5.75 Å². The van der Waals surface area contributed by atoms with Gasteiger partial charge in [0.2, 0.25) is 0 Å². The molecule has 1 aromatic carbocycles. The number of halogens is 1. The fourth-order valence-electron chi connectivity index (χ4n) is 2.72. The summed E-state index contributed by atoms with van der Waals surface area (Å²) in [6.45, 7) is 2.81. The van der Waals surface area contributed by atoms with Gasteiger partial charge in [-0.15, -0.1) is 0 Å². The van der Waals surface area contributed by atoms with Crippen molar-refractivity contribution >= 4 is 15.9 Å². The van der Waals surface area contributed by atoms with E-state index in [1.165, 1.54) is 11.1 Å². The van der Waals surface area contributed by atoms with Crippen molar-refractivity contribution in [2.75, 3.05) is 6.61 Å². The van der Waals surface area contributed by atoms with E-state index in [9.17, 15) is 0 Å². The highest BCUT2D eigenvalue weighted by Gasteiger charge is 2.21. The molecule has 1 aliphatic heterocycles. The minimum Gasteiger partial charge on any atom is -0.493 e. The number of benzene rings is 1. The molecule has 5 heteroatoms. The Bertz CT molecular complexity index is 660. The molecule has 3 N–H and O–H groups in total. The van der Waals surface area contributed by atoms with Gasteiger partial charge in [-0.2, -0.15) is 0 Å². The fraction of sp³-hybridized carbons (Fsp3) is 0.312. The molecule has 110 valence electrons. The van der Waals surface area contributed by atoms with E-state index < -0.39 is 0 Å². The first-order valence-electron chi connectivity index (χ1n) is 7.00. The molecule has 0 saturated carbocycles. The van der Waals surface area contributed by atoms with E-state index in [1.807, 2.05) is 12.3 Å². The first kappa shape index (κ1) is 14.5. The Balaban J connectivity index is 1.91. The lowest BCUT2D eigenvalue weighted by Gasteiger charge is -2.18. The summed E-state index contributed by atoms with van der Waals surface area (Å²) in [7, 11) is 0. The van der Waals surface area contributed by atoms with Crippen molar-refractivity contribution in [3.63, 3.8) is 0 Å². The van der Waals surface area contributed by atoms with Crippen molar-refractivity contribution in [2.45, 2.75) is 25.8 Å². The topological polar surface area (TPSA) is 60.2 Å². The maximum atomic E-state index is 5.78. The molecule has 4 nitrogen and oxygen atoms in total. The van der Waals surface area contributed by atoms with Gasteiger partial charge in [0.25, 0.3) is 0 Å². The number of fused-ring (bicyclic) bond motifs is 1. The van der Waals surface area contributed by atoms with Gasteiger partial charge in [0, 0.05) is 17.1 Å². The second kappa shape index (κ2) is 6.13. The minimum atomic E-state index is -0.0347. The number of nitrogens with zero attached hydrogens (tertiary/aromatic N) is 1. The smallest absolute Gasteiger partial charge is 0.125 e. The zero-order chi connectivity index (χ0) is 14.8. The van der Waals surface area contributed by atoms with Gasteiger partial charge in [-0.3, -0.25) is 16.3 Å². The van der Waals surface area contributed by atoms with Crippen molar-refractivity contribution < 1.29 is 4.74 Å². The van der Waals surface area contributed by atoms with E-state index in [1.54, 1.807) is 0 Å². The van der Waals surface area contributed by atoms with Crippen LogP contribution in [0.25, 0.3) is 0 Å². The molecular formula is C16H18BrN3O. The van der Waals surface area contributed by atoms with Gasteiger partial charge in [0.1, 0.15) is 5.75 Å². The largest absolute Gasteiger partial charge is 0.493 e. The number of aryl methyl sites for hydroxylation is 1. The number of hydrogen-bond donors (Lipinski definition) is 2. The summed E-state index contributed by atoms with van der Waals surface area (Å²) in [5, 5.41) is 0. The molecule has 0 radical (unpaired) electrons. The highest BCUT2D eigenvalue weighted by atomic mass is 79.9. The fourth-order valence-corrected chi connectivity index (χ4v) is 3.27. The second-order valence-corrected chi connectivity index (χ2v) is 6.25. The average molecular weight is 348 g/mol. The highest BCUT2D eigenvalue weighted by Crippen LogP contribution is 2.35. The van der Waals surface area contributed by atoms with Crippen molar-refractivity contribution in [1.29, 1.82) is 0 Å². The molecule has 21 heavy (non-hydrogen) atoms. The number of aromatic nitrogens is 1. The summed E-state index contributed by atoms with van der Waals surface area (Å²) in [5.74, 6) is 6.75. The molecule has 1 unspecified atom stereocenters. The molecule has 2 aromatic rings. The molecule has 0 spiro atoms. The van der Waals surface area contributed by atoms with Crippen LogP contribution in [0.15, 0.2) is 34.9 Å². The van der Waals surface area contributed by atoms with Crippen LogP contribution in [0, 0.1) is 6.92 Å². The number of nitrogens with one attached hydrogen (secondary N) is 1. The third-order valence-electron chi connectivity index (χ3n) is 3.74. The van der Waals surface area contributed by atoms with Crippen molar-refractivity contribution in [1.82, 2.24) is 10.4 Å². The highest BCUT2D eigenvalue weighted by molar-refractivity contribution is 9.10. The third-order valence-corrected chi connectivity index (χ3v) is 4.20. The number of hydrazine groups is 1. The SMILES string of the molecule is Cc1ccnc(C(Cc2cc(Br)cc3c2OCC3)NN)c1. The summed E-state index contributed by atoms with van der Waals surface area (Å²) >= 11 is 3.57. The van der Waals surface area contributed by atoms with Crippen molar-refractivity contribution in [2.24, 2.45) is 5.84 Å². The van der Waals surface area contributed by atoms with Crippen LogP contribution in [0.2, 0.25) is 0 Å². The first-order chi connectivity index (χ1) is 10.2. The van der Waals surface area contributed by atoms with Crippen LogP contribution >= 0.6 is 15.9 Å². The molecule has 0 bridgehead atoms. The first-order valence-corrected chi connectivity index (χ1v) is 7.79. The molecule has 3 rings (SSSR count). The molecule has 0 amide bonds. The lowest BCUT2D eigenvalue weighted by Crippen LogP contribution is -2.30. The van der Waals surface area contributed by atoms with Crippen molar-refractivity contribution in [3.8, 4) is 5.75 Å². The van der Waals surface area contributed by atoms with Crippen LogP contribution in [-0.4, -0.2) is 11.6 Å². The molecule has 2 heterocycles. The average Bonchev–Trinajstić information content (AvgIpc) is 2.92. The Morgan fingerprint density at radius 2 is 2.29 bits per heavy atom. The van der Waals surface area contributed by atoms with Gasteiger partial charge < -0.3 is 4.74 Å².